The van der Waals surface area contributed by atoms with E-state index in [1.165, 1.54) is 19.3 Å². The van der Waals surface area contributed by atoms with Crippen LogP contribution in [0.1, 0.15) is 66.2 Å². The summed E-state index contributed by atoms with van der Waals surface area (Å²) in [4.78, 5) is 0. The van der Waals surface area contributed by atoms with Gasteiger partial charge < -0.3 is 9.84 Å². The van der Waals surface area contributed by atoms with Crippen LogP contribution >= 0.6 is 0 Å². The summed E-state index contributed by atoms with van der Waals surface area (Å²) in [5, 5.41) is 9.22. The van der Waals surface area contributed by atoms with E-state index in [-0.39, 0.29) is 6.10 Å². The molecule has 2 bridgehead atoms. The van der Waals surface area contributed by atoms with E-state index in [2.05, 4.69) is 20.8 Å². The van der Waals surface area contributed by atoms with Crippen LogP contribution in [-0.4, -0.2) is 23.9 Å². The lowest BCUT2D eigenvalue weighted by molar-refractivity contribution is -0.0478. The van der Waals surface area contributed by atoms with Crippen molar-refractivity contribution in [3.05, 3.63) is 0 Å². The van der Waals surface area contributed by atoms with Crippen LogP contribution in [0.3, 0.4) is 0 Å². The molecule has 2 fully saturated rings. The van der Waals surface area contributed by atoms with Gasteiger partial charge >= 0.3 is 0 Å². The third-order valence-corrected chi connectivity index (χ3v) is 6.05. The Hall–Kier alpha value is -0.0800. The van der Waals surface area contributed by atoms with Crippen molar-refractivity contribution < 1.29 is 9.84 Å². The Morgan fingerprint density at radius 2 is 2.00 bits per heavy atom. The molecule has 0 spiro atoms. The van der Waals surface area contributed by atoms with Crippen molar-refractivity contribution >= 4 is 0 Å². The van der Waals surface area contributed by atoms with Gasteiger partial charge in [0.15, 0.2) is 0 Å². The molecule has 0 saturated heterocycles. The van der Waals surface area contributed by atoms with Gasteiger partial charge in [-0.15, -0.1) is 0 Å². The monoisotopic (exact) mass is 254 g/mol. The van der Waals surface area contributed by atoms with Crippen LogP contribution in [0.25, 0.3) is 0 Å². The average Bonchev–Trinajstić information content (AvgIpc) is 2.61. The van der Waals surface area contributed by atoms with E-state index in [4.69, 9.17) is 4.74 Å². The average molecular weight is 254 g/mol. The van der Waals surface area contributed by atoms with E-state index >= 15 is 0 Å². The van der Waals surface area contributed by atoms with Crippen LogP contribution < -0.4 is 0 Å². The molecule has 2 nitrogen and oxygen atoms in total. The molecular formula is C16H30O2. The Labute approximate surface area is 112 Å². The number of ether oxygens (including phenoxy) is 1. The van der Waals surface area contributed by atoms with Crippen LogP contribution in [0.4, 0.5) is 0 Å². The maximum absolute atomic E-state index is 9.22. The maximum atomic E-state index is 9.22. The minimum absolute atomic E-state index is 0.163. The van der Waals surface area contributed by atoms with E-state index in [0.29, 0.717) is 16.9 Å². The number of hydrogen-bond acceptors (Lipinski definition) is 2. The van der Waals surface area contributed by atoms with Gasteiger partial charge in [0, 0.05) is 6.61 Å². The smallest absolute Gasteiger partial charge is 0.0636 e. The molecule has 2 aliphatic carbocycles. The largest absolute Gasteiger partial charge is 0.393 e. The van der Waals surface area contributed by atoms with Crippen LogP contribution in [0, 0.1) is 16.7 Å². The van der Waals surface area contributed by atoms with Gasteiger partial charge in [0.1, 0.15) is 0 Å². The molecule has 106 valence electrons. The van der Waals surface area contributed by atoms with Gasteiger partial charge in [-0.1, -0.05) is 20.8 Å². The molecule has 2 heteroatoms. The van der Waals surface area contributed by atoms with Crippen molar-refractivity contribution in [3.63, 3.8) is 0 Å². The molecule has 0 aromatic heterocycles. The fraction of sp³-hybridized carbons (Fsp3) is 1.00. The molecule has 2 saturated carbocycles. The van der Waals surface area contributed by atoms with Crippen LogP contribution in [-0.2, 0) is 4.74 Å². The van der Waals surface area contributed by atoms with Gasteiger partial charge in [-0.2, -0.15) is 0 Å². The Balaban J connectivity index is 1.75. The summed E-state index contributed by atoms with van der Waals surface area (Å²) in [6.07, 6.45) is 7.37. The molecule has 18 heavy (non-hydrogen) atoms. The highest BCUT2D eigenvalue weighted by Crippen LogP contribution is 2.66. The molecule has 4 unspecified atom stereocenters. The fourth-order valence-electron chi connectivity index (χ4n) is 4.15. The Morgan fingerprint density at radius 1 is 1.28 bits per heavy atom. The SMILES string of the molecule is CC(O)CCCCOC1CC2CCC1(C)C2(C)C. The number of aliphatic hydroxyl groups excluding tert-OH is 1. The van der Waals surface area contributed by atoms with E-state index in [9.17, 15) is 5.11 Å². The van der Waals surface area contributed by atoms with E-state index < -0.39 is 0 Å². The normalized spacial score (nSPS) is 39.2. The van der Waals surface area contributed by atoms with Crippen molar-refractivity contribution in [1.29, 1.82) is 0 Å². The van der Waals surface area contributed by atoms with Crippen LogP contribution in [0.15, 0.2) is 0 Å². The number of unbranched alkanes of at least 4 members (excludes halogenated alkanes) is 1. The maximum Gasteiger partial charge on any atom is 0.0636 e. The van der Waals surface area contributed by atoms with E-state index in [1.54, 1.807) is 0 Å². The highest BCUT2D eigenvalue weighted by atomic mass is 16.5. The molecule has 0 aliphatic heterocycles. The van der Waals surface area contributed by atoms with Gasteiger partial charge in [-0.05, 0) is 62.2 Å². The van der Waals surface area contributed by atoms with Crippen molar-refractivity contribution in [2.24, 2.45) is 16.7 Å². The van der Waals surface area contributed by atoms with E-state index in [0.717, 1.165) is 31.8 Å². The first-order chi connectivity index (χ1) is 8.38. The molecular weight excluding hydrogens is 224 g/mol. The minimum Gasteiger partial charge on any atom is -0.393 e. The summed E-state index contributed by atoms with van der Waals surface area (Å²) >= 11 is 0. The third kappa shape index (κ3) is 2.34. The number of rotatable bonds is 6. The Kier molecular flexibility index (Phi) is 4.08. The third-order valence-electron chi connectivity index (χ3n) is 6.05. The summed E-state index contributed by atoms with van der Waals surface area (Å²) in [7, 11) is 0. The van der Waals surface area contributed by atoms with Crippen molar-refractivity contribution in [1.82, 2.24) is 0 Å². The summed E-state index contributed by atoms with van der Waals surface area (Å²) in [6, 6.07) is 0. The first-order valence-electron chi connectivity index (χ1n) is 7.67. The van der Waals surface area contributed by atoms with Gasteiger partial charge in [0.2, 0.25) is 0 Å². The van der Waals surface area contributed by atoms with Gasteiger partial charge in [-0.3, -0.25) is 0 Å². The molecule has 0 heterocycles. The fourth-order valence-corrected chi connectivity index (χ4v) is 4.15. The first-order valence-corrected chi connectivity index (χ1v) is 7.67. The summed E-state index contributed by atoms with van der Waals surface area (Å²) in [5.74, 6) is 0.866. The van der Waals surface area contributed by atoms with Gasteiger partial charge in [0.05, 0.1) is 12.2 Å². The number of fused-ring (bicyclic) bond motifs is 2. The first kappa shape index (κ1) is 14.3. The highest BCUT2D eigenvalue weighted by Gasteiger charge is 2.61. The number of aliphatic hydroxyl groups is 1. The zero-order chi connectivity index (χ0) is 13.4. The van der Waals surface area contributed by atoms with Gasteiger partial charge in [0.25, 0.3) is 0 Å². The summed E-state index contributed by atoms with van der Waals surface area (Å²) < 4.78 is 6.18. The molecule has 2 rings (SSSR count). The van der Waals surface area contributed by atoms with Crippen molar-refractivity contribution in [2.75, 3.05) is 6.61 Å². The molecule has 0 aromatic carbocycles. The lowest BCUT2D eigenvalue weighted by Gasteiger charge is -2.39. The zero-order valence-corrected chi connectivity index (χ0v) is 12.5. The second-order valence-electron chi connectivity index (χ2n) is 7.31. The summed E-state index contributed by atoms with van der Waals surface area (Å²) in [5.41, 5.74) is 0.846. The minimum atomic E-state index is -0.163. The van der Waals surface area contributed by atoms with Gasteiger partial charge in [-0.25, -0.2) is 0 Å². The van der Waals surface area contributed by atoms with Crippen molar-refractivity contribution in [2.45, 2.75) is 78.4 Å². The lowest BCUT2D eigenvalue weighted by atomic mass is 9.70. The summed E-state index contributed by atoms with van der Waals surface area (Å²) in [6.45, 7) is 10.0. The quantitative estimate of drug-likeness (QED) is 0.731. The highest BCUT2D eigenvalue weighted by molar-refractivity contribution is 5.11. The second kappa shape index (κ2) is 5.13. The van der Waals surface area contributed by atoms with Crippen LogP contribution in [0.2, 0.25) is 0 Å². The predicted octanol–water partition coefficient (Wildman–Crippen LogP) is 3.77. The second-order valence-corrected chi connectivity index (χ2v) is 7.31. The van der Waals surface area contributed by atoms with Crippen molar-refractivity contribution in [3.8, 4) is 0 Å². The Bertz CT molecular complexity index is 285. The van der Waals surface area contributed by atoms with Crippen LogP contribution in [0.5, 0.6) is 0 Å². The predicted molar refractivity (Wildman–Crippen MR) is 74.5 cm³/mol. The molecule has 1 N–H and O–H groups in total. The zero-order valence-electron chi connectivity index (χ0n) is 12.5. The molecule has 0 amide bonds. The molecule has 0 aromatic rings. The standard InChI is InChI=1S/C16H30O2/c1-12(17)7-5-6-10-18-14-11-13-8-9-16(14,4)15(13,2)3/h12-14,17H,5-11H2,1-4H3. The topological polar surface area (TPSA) is 29.5 Å². The molecule has 2 aliphatic rings. The Morgan fingerprint density at radius 3 is 2.50 bits per heavy atom. The number of hydrogen-bond donors (Lipinski definition) is 1. The lowest BCUT2D eigenvalue weighted by Crippen LogP contribution is -2.37. The molecule has 4 atom stereocenters. The van der Waals surface area contributed by atoms with E-state index in [1.807, 2.05) is 6.92 Å². The molecule has 0 radical (unpaired) electrons.